The number of ether oxygens (including phenoxy) is 2. The van der Waals surface area contributed by atoms with E-state index in [9.17, 15) is 24.2 Å². The number of H-pyrrole nitrogens is 1. The van der Waals surface area contributed by atoms with Crippen molar-refractivity contribution in [1.29, 1.82) is 0 Å². The van der Waals surface area contributed by atoms with Crippen molar-refractivity contribution >= 4 is 42.7 Å². The highest BCUT2D eigenvalue weighted by atomic mass is 32.2. The summed E-state index contributed by atoms with van der Waals surface area (Å²) in [6, 6.07) is 0. The zero-order chi connectivity index (χ0) is 20.9. The second kappa shape index (κ2) is 7.36. The van der Waals surface area contributed by atoms with Gasteiger partial charge in [-0.15, -0.1) is 0 Å². The summed E-state index contributed by atoms with van der Waals surface area (Å²) in [7, 11) is -3.36. The molecular formula is C13H15N5O9PS-. The summed E-state index contributed by atoms with van der Waals surface area (Å²) in [5, 5.41) is 10.8. The molecule has 0 aliphatic carbocycles. The lowest BCUT2D eigenvalue weighted by atomic mass is 10.1. The number of carbonyl (C=O) groups is 1. The SMILES string of the molecule is COC(=O)CSc1nc2c(=O)[nH]c(N)nc2n1[C@@H]1OC2COP(=O)([O-])O[C@H]2C1O. The Morgan fingerprint density at radius 1 is 1.55 bits per heavy atom. The number of nitrogens with two attached hydrogens (primary N) is 1. The molecule has 0 amide bonds. The molecule has 3 unspecified atom stereocenters. The third kappa shape index (κ3) is 3.66. The van der Waals surface area contributed by atoms with Crippen LogP contribution in [0, 0.1) is 0 Å². The van der Waals surface area contributed by atoms with E-state index in [2.05, 4.69) is 24.2 Å². The van der Waals surface area contributed by atoms with Crippen LogP contribution in [-0.4, -0.2) is 68.4 Å². The number of rotatable bonds is 4. The van der Waals surface area contributed by atoms with Crippen molar-refractivity contribution in [2.24, 2.45) is 0 Å². The van der Waals surface area contributed by atoms with Crippen molar-refractivity contribution in [3.63, 3.8) is 0 Å². The normalized spacial score (nSPS) is 31.7. The molecule has 0 bridgehead atoms. The average molecular weight is 448 g/mol. The number of aromatic amines is 1. The number of hydrogen-bond donors (Lipinski definition) is 3. The monoisotopic (exact) mass is 448 g/mol. The lowest BCUT2D eigenvalue weighted by Crippen LogP contribution is -2.41. The number of fused-ring (bicyclic) bond motifs is 2. The second-order valence-corrected chi connectivity index (χ2v) is 8.43. The smallest absolute Gasteiger partial charge is 0.316 e. The summed E-state index contributed by atoms with van der Waals surface area (Å²) < 4.78 is 32.6. The topological polar surface area (TPSA) is 204 Å². The van der Waals surface area contributed by atoms with Gasteiger partial charge in [0, 0.05) is 0 Å². The summed E-state index contributed by atoms with van der Waals surface area (Å²) in [6.45, 7) is -0.355. The fourth-order valence-corrected chi connectivity index (χ4v) is 4.83. The van der Waals surface area contributed by atoms with E-state index in [1.165, 1.54) is 11.7 Å². The molecule has 4 N–H and O–H groups in total. The van der Waals surface area contributed by atoms with Gasteiger partial charge in [0.1, 0.15) is 18.3 Å². The molecule has 2 aliphatic heterocycles. The summed E-state index contributed by atoms with van der Waals surface area (Å²) in [4.78, 5) is 45.8. The van der Waals surface area contributed by atoms with Crippen LogP contribution in [0.2, 0.25) is 0 Å². The van der Waals surface area contributed by atoms with Gasteiger partial charge in [0.05, 0.1) is 19.5 Å². The number of nitrogens with one attached hydrogen (secondary N) is 1. The number of hydrogen-bond acceptors (Lipinski definition) is 13. The van der Waals surface area contributed by atoms with E-state index in [0.29, 0.717) is 0 Å². The molecule has 0 radical (unpaired) electrons. The molecule has 2 aromatic heterocycles. The van der Waals surface area contributed by atoms with Crippen LogP contribution in [-0.2, 0) is 27.9 Å². The van der Waals surface area contributed by atoms with Crippen LogP contribution in [0.5, 0.6) is 0 Å². The van der Waals surface area contributed by atoms with Crippen LogP contribution >= 0.6 is 19.6 Å². The summed E-state index contributed by atoms with van der Waals surface area (Å²) >= 11 is 0.906. The molecule has 0 aromatic carbocycles. The van der Waals surface area contributed by atoms with Crippen LogP contribution in [0.4, 0.5) is 5.95 Å². The molecule has 5 atom stereocenters. The van der Waals surface area contributed by atoms with E-state index in [1.54, 1.807) is 0 Å². The highest BCUT2D eigenvalue weighted by molar-refractivity contribution is 7.99. The number of aromatic nitrogens is 4. The number of methoxy groups -OCH3 is 1. The van der Waals surface area contributed by atoms with Crippen molar-refractivity contribution in [1.82, 2.24) is 19.5 Å². The standard InChI is InChI=1S/C13H16N5O9PS/c1-24-5(19)3-29-13-15-6-9(16-12(14)17-10(6)21)18(13)11-7(20)8-4(26-11)2-25-28(22,23)27-8/h4,7-8,11,20H,2-3H2,1H3,(H,22,23)(H3,14,16,17,21)/p-1/t4?,7?,8-,11-/m1/s1. The number of thioether (sulfide) groups is 1. The molecule has 4 rings (SSSR count). The molecule has 2 saturated heterocycles. The molecule has 2 fully saturated rings. The van der Waals surface area contributed by atoms with E-state index in [1.807, 2.05) is 0 Å². The maximum atomic E-state index is 12.2. The van der Waals surface area contributed by atoms with Gasteiger partial charge < -0.3 is 34.3 Å². The molecule has 0 spiro atoms. The lowest BCUT2D eigenvalue weighted by Gasteiger charge is -2.34. The maximum Gasteiger partial charge on any atom is 0.316 e. The molecule has 4 heterocycles. The minimum Gasteiger partial charge on any atom is -0.756 e. The van der Waals surface area contributed by atoms with E-state index in [0.717, 1.165) is 11.8 Å². The minimum absolute atomic E-state index is 0.0208. The largest absolute Gasteiger partial charge is 0.756 e. The zero-order valence-corrected chi connectivity index (χ0v) is 16.4. The van der Waals surface area contributed by atoms with E-state index >= 15 is 0 Å². The first-order chi connectivity index (χ1) is 13.7. The van der Waals surface area contributed by atoms with Gasteiger partial charge in [-0.1, -0.05) is 11.8 Å². The predicted octanol–water partition coefficient (Wildman–Crippen LogP) is -1.89. The number of esters is 1. The predicted molar refractivity (Wildman–Crippen MR) is 93.6 cm³/mol. The first-order valence-corrected chi connectivity index (χ1v) is 10.6. The number of anilines is 1. The van der Waals surface area contributed by atoms with Gasteiger partial charge in [-0.2, -0.15) is 4.98 Å². The van der Waals surface area contributed by atoms with Crippen LogP contribution in [0.3, 0.4) is 0 Å². The van der Waals surface area contributed by atoms with Gasteiger partial charge >= 0.3 is 5.97 Å². The molecule has 14 nitrogen and oxygen atoms in total. The van der Waals surface area contributed by atoms with Crippen molar-refractivity contribution in [2.45, 2.75) is 29.7 Å². The maximum absolute atomic E-state index is 12.2. The first-order valence-electron chi connectivity index (χ1n) is 8.15. The van der Waals surface area contributed by atoms with Gasteiger partial charge in [-0.25, -0.2) is 4.98 Å². The first kappa shape index (κ1) is 20.3. The molecule has 158 valence electrons. The molecule has 29 heavy (non-hydrogen) atoms. The Kier molecular flexibility index (Phi) is 5.14. The Bertz CT molecular complexity index is 1070. The lowest BCUT2D eigenvalue weighted by molar-refractivity contribution is -0.245. The number of aliphatic hydroxyl groups is 1. The van der Waals surface area contributed by atoms with Crippen LogP contribution < -0.4 is 16.2 Å². The third-order valence-corrected chi connectivity index (χ3v) is 6.19. The van der Waals surface area contributed by atoms with Gasteiger partial charge in [-0.05, 0) is 0 Å². The van der Waals surface area contributed by atoms with Crippen molar-refractivity contribution in [3.8, 4) is 0 Å². The van der Waals surface area contributed by atoms with Crippen molar-refractivity contribution < 1.29 is 37.9 Å². The molecule has 16 heteroatoms. The number of phosphoric acid groups is 1. The minimum atomic E-state index is -4.57. The number of nitrogens with zero attached hydrogens (tertiary/aromatic N) is 3. The number of aliphatic hydroxyl groups excluding tert-OH is 1. The Morgan fingerprint density at radius 3 is 3.03 bits per heavy atom. The van der Waals surface area contributed by atoms with Gasteiger partial charge in [0.2, 0.25) is 5.95 Å². The Balaban J connectivity index is 1.78. The highest BCUT2D eigenvalue weighted by Gasteiger charge is 2.51. The fourth-order valence-electron chi connectivity index (χ4n) is 3.04. The molecule has 0 saturated carbocycles. The Hall–Kier alpha value is -2.00. The number of nitrogen functional groups attached to an aromatic ring is 1. The fraction of sp³-hybridized carbons (Fsp3) is 0.538. The third-order valence-electron chi connectivity index (χ3n) is 4.29. The van der Waals surface area contributed by atoms with Crippen LogP contribution in [0.25, 0.3) is 11.2 Å². The Labute approximate surface area is 165 Å². The Morgan fingerprint density at radius 2 is 2.31 bits per heavy atom. The van der Waals surface area contributed by atoms with Gasteiger partial charge in [-0.3, -0.25) is 23.7 Å². The quantitative estimate of drug-likeness (QED) is 0.266. The van der Waals surface area contributed by atoms with E-state index in [-0.39, 0.29) is 34.6 Å². The summed E-state index contributed by atoms with van der Waals surface area (Å²) in [5.41, 5.74) is 4.85. The van der Waals surface area contributed by atoms with Crippen molar-refractivity contribution in [3.05, 3.63) is 10.4 Å². The van der Waals surface area contributed by atoms with Crippen molar-refractivity contribution in [2.75, 3.05) is 25.2 Å². The van der Waals surface area contributed by atoms with E-state index in [4.69, 9.17) is 15.0 Å². The van der Waals surface area contributed by atoms with Crippen LogP contribution in [0.1, 0.15) is 6.23 Å². The summed E-state index contributed by atoms with van der Waals surface area (Å²) in [5.74, 6) is -0.916. The zero-order valence-electron chi connectivity index (χ0n) is 14.7. The highest BCUT2D eigenvalue weighted by Crippen LogP contribution is 2.50. The number of imidazole rings is 1. The molecule has 2 aliphatic rings. The van der Waals surface area contributed by atoms with Gasteiger partial charge in [0.15, 0.2) is 22.5 Å². The molecule has 2 aromatic rings. The second-order valence-electron chi connectivity index (χ2n) is 6.12. The van der Waals surface area contributed by atoms with Gasteiger partial charge in [0.25, 0.3) is 13.4 Å². The van der Waals surface area contributed by atoms with E-state index < -0.39 is 43.9 Å². The average Bonchev–Trinajstić information content (AvgIpc) is 3.16. The summed E-state index contributed by atoms with van der Waals surface area (Å²) in [6.07, 6.45) is -4.83. The number of phosphoric ester groups is 1. The molecular weight excluding hydrogens is 433 g/mol. The number of carbonyl (C=O) groups excluding carboxylic acids is 1. The van der Waals surface area contributed by atoms with Crippen LogP contribution in [0.15, 0.2) is 9.95 Å².